The van der Waals surface area contributed by atoms with E-state index in [1.165, 1.54) is 0 Å². The van der Waals surface area contributed by atoms with Crippen LogP contribution in [-0.2, 0) is 0 Å². The van der Waals surface area contributed by atoms with E-state index in [9.17, 15) is 0 Å². The monoisotopic (exact) mass is 175 g/mol. The minimum absolute atomic E-state index is 0.0406. The van der Waals surface area contributed by atoms with Gasteiger partial charge in [-0.15, -0.1) is 6.42 Å². The van der Waals surface area contributed by atoms with Crippen LogP contribution in [0.15, 0.2) is 6.07 Å². The summed E-state index contributed by atoms with van der Waals surface area (Å²) in [5, 5.41) is 3.01. The quantitative estimate of drug-likeness (QED) is 0.693. The van der Waals surface area contributed by atoms with Crippen LogP contribution in [0, 0.1) is 26.2 Å². The van der Waals surface area contributed by atoms with Gasteiger partial charge in [-0.05, 0) is 26.8 Å². The van der Waals surface area contributed by atoms with Gasteiger partial charge in [-0.2, -0.15) is 0 Å². The molecule has 68 valence electrons. The van der Waals surface area contributed by atoms with Crippen molar-refractivity contribution in [2.75, 3.05) is 5.32 Å². The molecule has 1 atom stereocenters. The number of nitrogens with zero attached hydrogens (tertiary/aromatic N) is 2. The Morgan fingerprint density at radius 2 is 1.92 bits per heavy atom. The third-order valence-corrected chi connectivity index (χ3v) is 1.58. The summed E-state index contributed by atoms with van der Waals surface area (Å²) in [5.41, 5.74) is 1.89. The SMILES string of the molecule is C#CC(C)Nc1nc(C)cc(C)n1. The van der Waals surface area contributed by atoms with Crippen molar-refractivity contribution in [2.45, 2.75) is 26.8 Å². The Morgan fingerprint density at radius 1 is 1.38 bits per heavy atom. The highest BCUT2D eigenvalue weighted by molar-refractivity contribution is 5.31. The molecule has 1 aromatic heterocycles. The number of aryl methyl sites for hydroxylation is 2. The molecule has 0 aromatic carbocycles. The Bertz CT molecular complexity index is 318. The summed E-state index contributed by atoms with van der Waals surface area (Å²) in [7, 11) is 0. The second-order valence-corrected chi connectivity index (χ2v) is 3.01. The maximum absolute atomic E-state index is 5.23. The van der Waals surface area contributed by atoms with Crippen LogP contribution in [0.4, 0.5) is 5.95 Å². The summed E-state index contributed by atoms with van der Waals surface area (Å²) < 4.78 is 0. The number of hydrogen-bond donors (Lipinski definition) is 1. The zero-order valence-electron chi connectivity index (χ0n) is 8.13. The summed E-state index contributed by atoms with van der Waals surface area (Å²) in [5.74, 6) is 3.16. The van der Waals surface area contributed by atoms with Gasteiger partial charge in [0, 0.05) is 11.4 Å². The Kier molecular flexibility index (Phi) is 2.86. The van der Waals surface area contributed by atoms with Crippen LogP contribution < -0.4 is 5.32 Å². The van der Waals surface area contributed by atoms with Gasteiger partial charge in [-0.25, -0.2) is 9.97 Å². The van der Waals surface area contributed by atoms with E-state index in [0.29, 0.717) is 5.95 Å². The third-order valence-electron chi connectivity index (χ3n) is 1.58. The largest absolute Gasteiger partial charge is 0.341 e. The zero-order valence-corrected chi connectivity index (χ0v) is 8.13. The van der Waals surface area contributed by atoms with Crippen molar-refractivity contribution in [3.05, 3.63) is 17.5 Å². The maximum atomic E-state index is 5.23. The van der Waals surface area contributed by atoms with Crippen molar-refractivity contribution >= 4 is 5.95 Å². The standard InChI is InChI=1S/C10H13N3/c1-5-7(2)11-10-12-8(3)6-9(4)13-10/h1,6-7H,2-4H3,(H,11,12,13). The predicted molar refractivity (Wildman–Crippen MR) is 53.4 cm³/mol. The van der Waals surface area contributed by atoms with E-state index in [-0.39, 0.29) is 6.04 Å². The minimum Gasteiger partial charge on any atom is -0.341 e. The lowest BCUT2D eigenvalue weighted by molar-refractivity contribution is 0.957. The number of aromatic nitrogens is 2. The average Bonchev–Trinajstić information content (AvgIpc) is 2.02. The fraction of sp³-hybridized carbons (Fsp3) is 0.400. The van der Waals surface area contributed by atoms with Crippen LogP contribution in [0.25, 0.3) is 0 Å². The van der Waals surface area contributed by atoms with Crippen LogP contribution in [0.1, 0.15) is 18.3 Å². The molecule has 0 amide bonds. The molecule has 13 heavy (non-hydrogen) atoms. The molecule has 1 heterocycles. The number of terminal acetylenes is 1. The van der Waals surface area contributed by atoms with Gasteiger partial charge in [0.25, 0.3) is 0 Å². The highest BCUT2D eigenvalue weighted by Crippen LogP contribution is 2.04. The average molecular weight is 175 g/mol. The number of rotatable bonds is 2. The first kappa shape index (κ1) is 9.53. The molecule has 0 spiro atoms. The number of hydrogen-bond acceptors (Lipinski definition) is 3. The van der Waals surface area contributed by atoms with Gasteiger partial charge in [0.15, 0.2) is 0 Å². The van der Waals surface area contributed by atoms with Gasteiger partial charge in [0.2, 0.25) is 5.95 Å². The van der Waals surface area contributed by atoms with Crippen molar-refractivity contribution in [1.82, 2.24) is 9.97 Å². The van der Waals surface area contributed by atoms with E-state index in [1.807, 2.05) is 26.8 Å². The highest BCUT2D eigenvalue weighted by Gasteiger charge is 2.01. The van der Waals surface area contributed by atoms with Crippen molar-refractivity contribution in [3.63, 3.8) is 0 Å². The van der Waals surface area contributed by atoms with Gasteiger partial charge in [-0.1, -0.05) is 5.92 Å². The zero-order chi connectivity index (χ0) is 9.84. The van der Waals surface area contributed by atoms with Gasteiger partial charge < -0.3 is 5.32 Å². The van der Waals surface area contributed by atoms with Crippen molar-refractivity contribution in [1.29, 1.82) is 0 Å². The highest BCUT2D eigenvalue weighted by atomic mass is 15.1. The molecular weight excluding hydrogens is 162 g/mol. The van der Waals surface area contributed by atoms with E-state index >= 15 is 0 Å². The molecule has 0 aliphatic heterocycles. The van der Waals surface area contributed by atoms with E-state index in [4.69, 9.17) is 6.42 Å². The van der Waals surface area contributed by atoms with Crippen LogP contribution in [0.5, 0.6) is 0 Å². The van der Waals surface area contributed by atoms with Crippen molar-refractivity contribution in [2.24, 2.45) is 0 Å². The van der Waals surface area contributed by atoms with Gasteiger partial charge in [0.1, 0.15) is 0 Å². The summed E-state index contributed by atoms with van der Waals surface area (Å²) in [6.45, 7) is 5.75. The summed E-state index contributed by atoms with van der Waals surface area (Å²) in [6.07, 6.45) is 5.23. The first-order valence-corrected chi connectivity index (χ1v) is 4.17. The second kappa shape index (κ2) is 3.90. The number of nitrogens with one attached hydrogen (secondary N) is 1. The van der Waals surface area contributed by atoms with E-state index < -0.39 is 0 Å². The van der Waals surface area contributed by atoms with Gasteiger partial charge >= 0.3 is 0 Å². The lowest BCUT2D eigenvalue weighted by Gasteiger charge is -2.08. The fourth-order valence-corrected chi connectivity index (χ4v) is 1.03. The fourth-order valence-electron chi connectivity index (χ4n) is 1.03. The predicted octanol–water partition coefficient (Wildman–Crippen LogP) is 1.53. The Hall–Kier alpha value is -1.56. The molecule has 0 aliphatic rings. The van der Waals surface area contributed by atoms with Crippen molar-refractivity contribution in [3.8, 4) is 12.3 Å². The maximum Gasteiger partial charge on any atom is 0.224 e. The number of anilines is 1. The van der Waals surface area contributed by atoms with Crippen LogP contribution >= 0.6 is 0 Å². The molecule has 1 N–H and O–H groups in total. The molecule has 3 nitrogen and oxygen atoms in total. The van der Waals surface area contributed by atoms with E-state index in [0.717, 1.165) is 11.4 Å². The summed E-state index contributed by atoms with van der Waals surface area (Å²) in [4.78, 5) is 8.41. The molecule has 1 rings (SSSR count). The molecular formula is C10H13N3. The van der Waals surface area contributed by atoms with Crippen LogP contribution in [0.2, 0.25) is 0 Å². The van der Waals surface area contributed by atoms with E-state index in [2.05, 4.69) is 21.2 Å². The normalized spacial score (nSPS) is 11.8. The molecule has 0 fully saturated rings. The van der Waals surface area contributed by atoms with Crippen LogP contribution in [-0.4, -0.2) is 16.0 Å². The lowest BCUT2D eigenvalue weighted by atomic mass is 10.3. The smallest absolute Gasteiger partial charge is 0.224 e. The second-order valence-electron chi connectivity index (χ2n) is 3.01. The molecule has 0 saturated carbocycles. The van der Waals surface area contributed by atoms with Gasteiger partial charge in [0.05, 0.1) is 6.04 Å². The molecule has 0 radical (unpaired) electrons. The molecule has 0 saturated heterocycles. The Morgan fingerprint density at radius 3 is 2.38 bits per heavy atom. The lowest BCUT2D eigenvalue weighted by Crippen LogP contribution is -2.15. The molecule has 1 aromatic rings. The minimum atomic E-state index is -0.0406. The Balaban J connectivity index is 2.84. The third kappa shape index (κ3) is 2.75. The van der Waals surface area contributed by atoms with Crippen molar-refractivity contribution < 1.29 is 0 Å². The first-order valence-electron chi connectivity index (χ1n) is 4.17. The first-order chi connectivity index (χ1) is 6.11. The molecule has 0 aliphatic carbocycles. The molecule has 1 unspecified atom stereocenters. The topological polar surface area (TPSA) is 37.8 Å². The van der Waals surface area contributed by atoms with Gasteiger partial charge in [-0.3, -0.25) is 0 Å². The molecule has 0 bridgehead atoms. The van der Waals surface area contributed by atoms with E-state index in [1.54, 1.807) is 0 Å². The Labute approximate surface area is 78.6 Å². The summed E-state index contributed by atoms with van der Waals surface area (Å²) in [6, 6.07) is 1.88. The van der Waals surface area contributed by atoms with Crippen LogP contribution in [0.3, 0.4) is 0 Å². The summed E-state index contributed by atoms with van der Waals surface area (Å²) >= 11 is 0. The molecule has 3 heteroatoms.